The molecule has 124 valence electrons. The number of carbonyl (C=O) groups excluding carboxylic acids is 1. The van der Waals surface area contributed by atoms with Crippen molar-refractivity contribution in [2.75, 3.05) is 32.8 Å². The van der Waals surface area contributed by atoms with Crippen molar-refractivity contribution in [1.82, 2.24) is 10.2 Å². The van der Waals surface area contributed by atoms with Gasteiger partial charge in [0.05, 0.1) is 6.42 Å². The Morgan fingerprint density at radius 1 is 1.27 bits per heavy atom. The number of hydrogen-bond donors (Lipinski definition) is 1. The third kappa shape index (κ3) is 6.11. The Morgan fingerprint density at radius 2 is 1.95 bits per heavy atom. The minimum absolute atomic E-state index is 0. The van der Waals surface area contributed by atoms with Gasteiger partial charge in [-0.2, -0.15) is 13.2 Å². The molecule has 1 aliphatic heterocycles. The summed E-state index contributed by atoms with van der Waals surface area (Å²) in [5.41, 5.74) is 0.651. The summed E-state index contributed by atoms with van der Waals surface area (Å²) in [5.74, 6) is 0.0995. The number of ether oxygens (including phenoxy) is 1. The maximum atomic E-state index is 12.1. The standard InChI is InChI=1S/C14H17F3N2O2.ClH/c15-14(16,17)10-21-12-3-1-2-11(8-12)9-13(20)19-6-4-18-5-7-19;/h1-3,8,18H,4-7,9-10H2;1H. The van der Waals surface area contributed by atoms with E-state index < -0.39 is 12.8 Å². The Morgan fingerprint density at radius 3 is 2.59 bits per heavy atom. The number of carbonyl (C=O) groups is 1. The summed E-state index contributed by atoms with van der Waals surface area (Å²) in [6.45, 7) is 1.51. The molecule has 8 heteroatoms. The minimum atomic E-state index is -4.37. The molecule has 0 radical (unpaired) electrons. The van der Waals surface area contributed by atoms with Crippen LogP contribution < -0.4 is 10.1 Å². The molecule has 2 rings (SSSR count). The van der Waals surface area contributed by atoms with Gasteiger partial charge in [0.2, 0.25) is 5.91 Å². The number of nitrogens with one attached hydrogen (secondary N) is 1. The third-order valence-electron chi connectivity index (χ3n) is 3.13. The predicted octanol–water partition coefficient (Wildman–Crippen LogP) is 2.02. The lowest BCUT2D eigenvalue weighted by atomic mass is 10.1. The number of benzene rings is 1. The Labute approximate surface area is 133 Å². The molecule has 4 nitrogen and oxygen atoms in total. The van der Waals surface area contributed by atoms with E-state index in [0.717, 1.165) is 13.1 Å². The Balaban J connectivity index is 0.00000242. The summed E-state index contributed by atoms with van der Waals surface area (Å²) in [5, 5.41) is 3.15. The summed E-state index contributed by atoms with van der Waals surface area (Å²) in [4.78, 5) is 13.8. The summed E-state index contributed by atoms with van der Waals surface area (Å²) in [7, 11) is 0. The van der Waals surface area contributed by atoms with E-state index in [1.165, 1.54) is 12.1 Å². The van der Waals surface area contributed by atoms with Crippen molar-refractivity contribution in [3.63, 3.8) is 0 Å². The molecule has 1 amide bonds. The van der Waals surface area contributed by atoms with Gasteiger partial charge in [-0.1, -0.05) is 12.1 Å². The monoisotopic (exact) mass is 338 g/mol. The SMILES string of the molecule is Cl.O=C(Cc1cccc(OCC(F)(F)F)c1)N1CCNCC1. The molecule has 0 saturated carbocycles. The maximum Gasteiger partial charge on any atom is 0.422 e. The highest BCUT2D eigenvalue weighted by Crippen LogP contribution is 2.19. The highest BCUT2D eigenvalue weighted by Gasteiger charge is 2.28. The number of nitrogens with zero attached hydrogens (tertiary/aromatic N) is 1. The van der Waals surface area contributed by atoms with Crippen molar-refractivity contribution in [3.8, 4) is 5.75 Å². The second-order valence-electron chi connectivity index (χ2n) is 4.86. The average Bonchev–Trinajstić information content (AvgIpc) is 2.46. The number of rotatable bonds is 4. The summed E-state index contributed by atoms with van der Waals surface area (Å²) < 4.78 is 41.0. The van der Waals surface area contributed by atoms with Crippen LogP contribution in [0.1, 0.15) is 5.56 Å². The van der Waals surface area contributed by atoms with Crippen LogP contribution >= 0.6 is 12.4 Å². The van der Waals surface area contributed by atoms with Gasteiger partial charge >= 0.3 is 6.18 Å². The number of hydrogen-bond acceptors (Lipinski definition) is 3. The number of halogens is 4. The Kier molecular flexibility index (Phi) is 6.96. The van der Waals surface area contributed by atoms with E-state index >= 15 is 0 Å². The van der Waals surface area contributed by atoms with Gasteiger partial charge in [-0.15, -0.1) is 12.4 Å². The zero-order chi connectivity index (χ0) is 15.3. The second kappa shape index (κ2) is 8.24. The fraction of sp³-hybridized carbons (Fsp3) is 0.500. The van der Waals surface area contributed by atoms with Crippen molar-refractivity contribution in [3.05, 3.63) is 29.8 Å². The molecule has 0 aliphatic carbocycles. The highest BCUT2D eigenvalue weighted by atomic mass is 35.5. The van der Waals surface area contributed by atoms with Crippen molar-refractivity contribution >= 4 is 18.3 Å². The molecule has 1 aromatic carbocycles. The number of amides is 1. The predicted molar refractivity (Wildman–Crippen MR) is 78.4 cm³/mol. The maximum absolute atomic E-state index is 12.1. The van der Waals surface area contributed by atoms with Crippen LogP contribution in [-0.2, 0) is 11.2 Å². The molecule has 1 aromatic rings. The highest BCUT2D eigenvalue weighted by molar-refractivity contribution is 5.85. The molecule has 0 unspecified atom stereocenters. The molecule has 1 saturated heterocycles. The molecular weight excluding hydrogens is 321 g/mol. The van der Waals surface area contributed by atoms with Crippen molar-refractivity contribution in [2.24, 2.45) is 0 Å². The molecule has 1 N–H and O–H groups in total. The third-order valence-corrected chi connectivity index (χ3v) is 3.13. The van der Waals surface area contributed by atoms with Crippen LogP contribution in [0.3, 0.4) is 0 Å². The fourth-order valence-corrected chi connectivity index (χ4v) is 2.11. The zero-order valence-electron chi connectivity index (χ0n) is 11.9. The zero-order valence-corrected chi connectivity index (χ0v) is 12.7. The van der Waals surface area contributed by atoms with E-state index in [-0.39, 0.29) is 30.5 Å². The normalized spacial score (nSPS) is 15.1. The molecule has 0 bridgehead atoms. The van der Waals surface area contributed by atoms with Crippen LogP contribution in [-0.4, -0.2) is 49.8 Å². The lowest BCUT2D eigenvalue weighted by Crippen LogP contribution is -2.46. The molecule has 22 heavy (non-hydrogen) atoms. The van der Waals surface area contributed by atoms with E-state index in [0.29, 0.717) is 18.7 Å². The first-order valence-electron chi connectivity index (χ1n) is 6.71. The fourth-order valence-electron chi connectivity index (χ4n) is 2.11. The van der Waals surface area contributed by atoms with Gasteiger partial charge in [0.1, 0.15) is 5.75 Å². The van der Waals surface area contributed by atoms with E-state index in [2.05, 4.69) is 10.1 Å². The molecule has 1 fully saturated rings. The van der Waals surface area contributed by atoms with Crippen LogP contribution in [0.2, 0.25) is 0 Å². The first kappa shape index (κ1) is 18.6. The summed E-state index contributed by atoms with van der Waals surface area (Å²) in [6, 6.07) is 6.23. The van der Waals surface area contributed by atoms with Crippen molar-refractivity contribution in [1.29, 1.82) is 0 Å². The van der Waals surface area contributed by atoms with Gasteiger partial charge in [-0.05, 0) is 17.7 Å². The molecule has 1 heterocycles. The van der Waals surface area contributed by atoms with E-state index in [4.69, 9.17) is 0 Å². The lowest BCUT2D eigenvalue weighted by molar-refractivity contribution is -0.153. The number of piperazine rings is 1. The first-order chi connectivity index (χ1) is 9.94. The molecular formula is C14H18ClF3N2O2. The molecule has 0 spiro atoms. The molecule has 1 aliphatic rings. The Hall–Kier alpha value is -1.47. The first-order valence-corrected chi connectivity index (χ1v) is 6.71. The summed E-state index contributed by atoms with van der Waals surface area (Å²) >= 11 is 0. The molecule has 0 aromatic heterocycles. The lowest BCUT2D eigenvalue weighted by Gasteiger charge is -2.27. The van der Waals surface area contributed by atoms with Crippen LogP contribution in [0.5, 0.6) is 5.75 Å². The van der Waals surface area contributed by atoms with E-state index in [1.807, 2.05) is 0 Å². The molecule has 0 atom stereocenters. The van der Waals surface area contributed by atoms with Crippen molar-refractivity contribution in [2.45, 2.75) is 12.6 Å². The van der Waals surface area contributed by atoms with Crippen molar-refractivity contribution < 1.29 is 22.7 Å². The van der Waals surface area contributed by atoms with Gasteiger partial charge in [0.15, 0.2) is 6.61 Å². The van der Waals surface area contributed by atoms with Crippen LogP contribution in [0.4, 0.5) is 13.2 Å². The van der Waals surface area contributed by atoms with Crippen LogP contribution in [0.25, 0.3) is 0 Å². The second-order valence-corrected chi connectivity index (χ2v) is 4.86. The largest absolute Gasteiger partial charge is 0.484 e. The van der Waals surface area contributed by atoms with Gasteiger partial charge in [-0.3, -0.25) is 4.79 Å². The summed E-state index contributed by atoms with van der Waals surface area (Å²) in [6.07, 6.45) is -4.20. The average molecular weight is 339 g/mol. The Bertz CT molecular complexity index is 491. The minimum Gasteiger partial charge on any atom is -0.484 e. The smallest absolute Gasteiger partial charge is 0.422 e. The van der Waals surface area contributed by atoms with Gasteiger partial charge in [0, 0.05) is 26.2 Å². The van der Waals surface area contributed by atoms with Crippen LogP contribution in [0, 0.1) is 0 Å². The van der Waals surface area contributed by atoms with Gasteiger partial charge < -0.3 is 15.0 Å². The van der Waals surface area contributed by atoms with E-state index in [1.54, 1.807) is 17.0 Å². The topological polar surface area (TPSA) is 41.6 Å². The van der Waals surface area contributed by atoms with Crippen LogP contribution in [0.15, 0.2) is 24.3 Å². The van der Waals surface area contributed by atoms with Gasteiger partial charge in [-0.25, -0.2) is 0 Å². The number of alkyl halides is 3. The van der Waals surface area contributed by atoms with Gasteiger partial charge in [0.25, 0.3) is 0 Å². The van der Waals surface area contributed by atoms with E-state index in [9.17, 15) is 18.0 Å². The quantitative estimate of drug-likeness (QED) is 0.913.